The molecule has 1 atom stereocenters. The second-order valence-corrected chi connectivity index (χ2v) is 9.97. The van der Waals surface area contributed by atoms with Crippen LogP contribution in [0.3, 0.4) is 0 Å². The third-order valence-electron chi connectivity index (χ3n) is 6.66. The summed E-state index contributed by atoms with van der Waals surface area (Å²) in [4.78, 5) is 27.2. The van der Waals surface area contributed by atoms with Crippen LogP contribution >= 0.6 is 11.6 Å². The maximum atomic E-state index is 12.9. The van der Waals surface area contributed by atoms with Crippen LogP contribution in [-0.4, -0.2) is 29.1 Å². The number of rotatable bonds is 10. The Bertz CT molecular complexity index is 1540. The molecule has 8 heteroatoms. The van der Waals surface area contributed by atoms with E-state index in [2.05, 4.69) is 0 Å². The molecular weight excluding hydrogens is 538 g/mol. The van der Waals surface area contributed by atoms with Gasteiger partial charge in [0.1, 0.15) is 12.4 Å². The van der Waals surface area contributed by atoms with Crippen LogP contribution in [0.15, 0.2) is 108 Å². The number of hydrogen-bond acceptors (Lipinski definition) is 7. The van der Waals surface area contributed by atoms with Gasteiger partial charge in [-0.25, -0.2) is 9.80 Å². The highest BCUT2D eigenvalue weighted by Crippen LogP contribution is 2.40. The zero-order chi connectivity index (χ0) is 28.8. The summed E-state index contributed by atoms with van der Waals surface area (Å²) in [5, 5.41) is 7.28. The Hall–Kier alpha value is -4.62. The lowest BCUT2D eigenvalue weighted by atomic mass is 10.1. The molecule has 0 spiro atoms. The molecule has 41 heavy (non-hydrogen) atoms. The van der Waals surface area contributed by atoms with E-state index in [9.17, 15) is 9.59 Å². The molecule has 208 valence electrons. The van der Waals surface area contributed by atoms with Gasteiger partial charge < -0.3 is 14.4 Å². The van der Waals surface area contributed by atoms with Gasteiger partial charge in [0.2, 0.25) is 0 Å². The summed E-state index contributed by atoms with van der Waals surface area (Å²) >= 11 is 6.06. The van der Waals surface area contributed by atoms with Gasteiger partial charge in [-0.05, 0) is 60.5 Å². The van der Waals surface area contributed by atoms with Crippen LogP contribution in [0.4, 0.5) is 5.69 Å². The Morgan fingerprint density at radius 2 is 1.54 bits per heavy atom. The van der Waals surface area contributed by atoms with Crippen molar-refractivity contribution in [3.05, 3.63) is 130 Å². The quantitative estimate of drug-likeness (QED) is 0.192. The lowest BCUT2D eigenvalue weighted by Crippen LogP contribution is -2.37. The summed E-state index contributed by atoms with van der Waals surface area (Å²) in [5.74, 6) is 0.451. The minimum Gasteiger partial charge on any atom is -0.488 e. The zero-order valence-electron chi connectivity index (χ0n) is 22.9. The van der Waals surface area contributed by atoms with Gasteiger partial charge in [-0.1, -0.05) is 72.3 Å². The molecule has 0 aromatic heterocycles. The molecule has 4 aromatic carbocycles. The Kier molecular flexibility index (Phi) is 8.65. The lowest BCUT2D eigenvalue weighted by molar-refractivity contribution is -0.111. The monoisotopic (exact) mass is 567 g/mol. The molecule has 0 aliphatic carbocycles. The molecule has 0 saturated heterocycles. The molecule has 1 heterocycles. The van der Waals surface area contributed by atoms with Crippen molar-refractivity contribution in [1.82, 2.24) is 4.90 Å². The van der Waals surface area contributed by atoms with Crippen molar-refractivity contribution in [2.75, 3.05) is 11.6 Å². The topological polar surface area (TPSA) is 71.4 Å². The van der Waals surface area contributed by atoms with Crippen molar-refractivity contribution in [2.24, 2.45) is 5.10 Å². The zero-order valence-corrected chi connectivity index (χ0v) is 23.6. The number of anilines is 1. The normalized spacial score (nSPS) is 14.5. The standard InChI is InChI=1S/C33H30ClN3O4/c1-3-40-33(39)26-15-19-28(20-16-26)37-32(36(31(35-37)23(2)38)21-24-9-5-4-6-10-24)29-11-7-8-12-30(29)41-22-25-13-17-27(34)18-14-25/h4-20,32H,3,21-22H2,1-2H3/t32-/m0/s1. The molecule has 1 aliphatic heterocycles. The molecule has 7 nitrogen and oxygen atoms in total. The molecule has 0 unspecified atom stereocenters. The summed E-state index contributed by atoms with van der Waals surface area (Å²) in [5.41, 5.74) is 4.00. The highest BCUT2D eigenvalue weighted by Gasteiger charge is 2.39. The van der Waals surface area contributed by atoms with Crippen molar-refractivity contribution in [2.45, 2.75) is 33.2 Å². The second-order valence-electron chi connectivity index (χ2n) is 9.53. The van der Waals surface area contributed by atoms with Crippen molar-refractivity contribution < 1.29 is 19.1 Å². The van der Waals surface area contributed by atoms with E-state index in [1.165, 1.54) is 6.92 Å². The second kappa shape index (κ2) is 12.7. The molecule has 0 saturated carbocycles. The predicted octanol–water partition coefficient (Wildman–Crippen LogP) is 7.02. The van der Waals surface area contributed by atoms with Gasteiger partial charge >= 0.3 is 5.97 Å². The third kappa shape index (κ3) is 6.42. The maximum Gasteiger partial charge on any atom is 0.338 e. The number of carbonyl (C=O) groups excluding carboxylic acids is 2. The van der Waals surface area contributed by atoms with Crippen LogP contribution in [0.2, 0.25) is 5.02 Å². The first-order valence-corrected chi connectivity index (χ1v) is 13.7. The minimum absolute atomic E-state index is 0.156. The molecule has 5 rings (SSSR count). The number of halogens is 1. The Balaban J connectivity index is 1.55. The Morgan fingerprint density at radius 3 is 2.22 bits per heavy atom. The average molecular weight is 568 g/mol. The number of ketones is 1. The maximum absolute atomic E-state index is 12.9. The van der Waals surface area contributed by atoms with E-state index in [4.69, 9.17) is 26.2 Å². The van der Waals surface area contributed by atoms with Gasteiger partial charge in [0.05, 0.1) is 17.9 Å². The first kappa shape index (κ1) is 27.9. The predicted molar refractivity (Wildman–Crippen MR) is 160 cm³/mol. The van der Waals surface area contributed by atoms with Gasteiger partial charge in [0.15, 0.2) is 17.8 Å². The van der Waals surface area contributed by atoms with Crippen molar-refractivity contribution >= 4 is 34.9 Å². The summed E-state index contributed by atoms with van der Waals surface area (Å²) in [6.45, 7) is 4.38. The summed E-state index contributed by atoms with van der Waals surface area (Å²) < 4.78 is 11.5. The average Bonchev–Trinajstić information content (AvgIpc) is 3.37. The van der Waals surface area contributed by atoms with E-state index in [1.807, 2.05) is 95.9 Å². The van der Waals surface area contributed by atoms with Crippen molar-refractivity contribution in [3.63, 3.8) is 0 Å². The molecule has 0 fully saturated rings. The number of para-hydroxylation sites is 1. The number of ether oxygens (including phenoxy) is 2. The number of benzene rings is 4. The molecule has 0 radical (unpaired) electrons. The molecular formula is C33H30ClN3O4. The summed E-state index contributed by atoms with van der Waals surface area (Å²) in [6.07, 6.45) is -0.496. The number of nitrogens with zero attached hydrogens (tertiary/aromatic N) is 3. The van der Waals surface area contributed by atoms with Gasteiger partial charge in [-0.15, -0.1) is 5.10 Å². The van der Waals surface area contributed by atoms with Crippen LogP contribution < -0.4 is 9.75 Å². The number of amidine groups is 1. The van der Waals surface area contributed by atoms with Crippen LogP contribution in [0.5, 0.6) is 5.75 Å². The van der Waals surface area contributed by atoms with Gasteiger partial charge in [-0.3, -0.25) is 4.79 Å². The summed E-state index contributed by atoms with van der Waals surface area (Å²) in [6, 6.07) is 32.3. The molecule has 0 bridgehead atoms. The molecule has 1 aliphatic rings. The Morgan fingerprint density at radius 1 is 0.854 bits per heavy atom. The molecule has 0 amide bonds. The van der Waals surface area contributed by atoms with Gasteiger partial charge in [0, 0.05) is 24.1 Å². The number of Topliss-reactive ketones (excluding diaryl/α,β-unsaturated/α-hetero) is 1. The number of hydrazone groups is 1. The van der Waals surface area contributed by atoms with E-state index in [0.717, 1.165) is 16.7 Å². The van der Waals surface area contributed by atoms with Crippen LogP contribution in [-0.2, 0) is 22.7 Å². The first-order chi connectivity index (χ1) is 19.9. The van der Waals surface area contributed by atoms with E-state index >= 15 is 0 Å². The van der Waals surface area contributed by atoms with Gasteiger partial charge in [-0.2, -0.15) is 0 Å². The van der Waals surface area contributed by atoms with E-state index < -0.39 is 12.1 Å². The highest BCUT2D eigenvalue weighted by atomic mass is 35.5. The lowest BCUT2D eigenvalue weighted by Gasteiger charge is -2.33. The minimum atomic E-state index is -0.496. The third-order valence-corrected chi connectivity index (χ3v) is 6.91. The van der Waals surface area contributed by atoms with Crippen molar-refractivity contribution in [1.29, 1.82) is 0 Å². The smallest absolute Gasteiger partial charge is 0.338 e. The Labute approximate surface area is 244 Å². The fourth-order valence-corrected chi connectivity index (χ4v) is 4.83. The van der Waals surface area contributed by atoms with E-state index in [-0.39, 0.29) is 5.78 Å². The largest absolute Gasteiger partial charge is 0.488 e. The summed E-state index contributed by atoms with van der Waals surface area (Å²) in [7, 11) is 0. The van der Waals surface area contributed by atoms with Crippen LogP contribution in [0, 0.1) is 0 Å². The fourth-order valence-electron chi connectivity index (χ4n) is 4.71. The van der Waals surface area contributed by atoms with Crippen LogP contribution in [0.25, 0.3) is 0 Å². The number of hydrogen-bond donors (Lipinski definition) is 0. The van der Waals surface area contributed by atoms with Crippen LogP contribution in [0.1, 0.15) is 47.1 Å². The van der Waals surface area contributed by atoms with Crippen molar-refractivity contribution in [3.8, 4) is 5.75 Å². The number of esters is 1. The first-order valence-electron chi connectivity index (χ1n) is 13.4. The molecule has 4 aromatic rings. The van der Waals surface area contributed by atoms with Gasteiger partial charge in [0.25, 0.3) is 0 Å². The molecule has 0 N–H and O–H groups in total. The SMILES string of the molecule is CCOC(=O)c1ccc(N2N=C(C(C)=O)N(Cc3ccccc3)[C@@H]2c2ccccc2OCc2ccc(Cl)cc2)cc1. The van der Waals surface area contributed by atoms with E-state index in [0.29, 0.717) is 47.6 Å². The van der Waals surface area contributed by atoms with E-state index in [1.54, 1.807) is 24.1 Å². The fraction of sp³-hybridized carbons (Fsp3) is 0.182. The highest BCUT2D eigenvalue weighted by molar-refractivity contribution is 6.38. The number of carbonyl (C=O) groups is 2.